The Balaban J connectivity index is 0.00000800. The van der Waals surface area contributed by atoms with E-state index in [1.807, 2.05) is 25.4 Å². The highest BCUT2D eigenvalue weighted by atomic mass is 127. The van der Waals surface area contributed by atoms with E-state index in [2.05, 4.69) is 17.6 Å². The minimum Gasteiger partial charge on any atom is -1.00 e. The molecular formula is C33H51IN2O4. The largest absolute Gasteiger partial charge is 1.00 e. The molecule has 0 saturated carbocycles. The molecule has 1 heterocycles. The zero-order chi connectivity index (χ0) is 28.3. The van der Waals surface area contributed by atoms with Crippen LogP contribution in [0.1, 0.15) is 113 Å². The Morgan fingerprint density at radius 3 is 2.02 bits per heavy atom. The number of ether oxygens (including phenoxy) is 2. The van der Waals surface area contributed by atoms with E-state index in [1.165, 1.54) is 76.0 Å². The second-order valence-electron chi connectivity index (χ2n) is 10.5. The van der Waals surface area contributed by atoms with E-state index in [4.69, 9.17) is 9.47 Å². The van der Waals surface area contributed by atoms with Crippen molar-refractivity contribution in [2.45, 2.75) is 104 Å². The standard InChI is InChI=1S/C33H51N2O4.HI/c1-5-6-7-8-9-10-11-12-13-14-15-18-26-39-32-27-29(22-23-31(32)38-4)33(37)35(28(2)36)25-19-21-30-20-16-17-24-34(30)3;/h16-17,20,22-24,27H,5-15,18-19,21,25-26H2,1-4H3;1H/q+1;/p-1. The number of amides is 2. The lowest BCUT2D eigenvalue weighted by molar-refractivity contribution is -0.679. The molecule has 0 bridgehead atoms. The Labute approximate surface area is 259 Å². The summed E-state index contributed by atoms with van der Waals surface area (Å²) >= 11 is 0. The molecule has 0 fully saturated rings. The highest BCUT2D eigenvalue weighted by Gasteiger charge is 2.21. The van der Waals surface area contributed by atoms with Gasteiger partial charge in [0.15, 0.2) is 23.4 Å². The third-order valence-corrected chi connectivity index (χ3v) is 7.27. The summed E-state index contributed by atoms with van der Waals surface area (Å²) in [5, 5.41) is 0. The van der Waals surface area contributed by atoms with Crippen molar-refractivity contribution >= 4 is 11.8 Å². The molecule has 224 valence electrons. The summed E-state index contributed by atoms with van der Waals surface area (Å²) in [4.78, 5) is 26.9. The molecule has 0 N–H and O–H groups in total. The lowest BCUT2D eigenvalue weighted by Gasteiger charge is -2.20. The summed E-state index contributed by atoms with van der Waals surface area (Å²) in [6, 6.07) is 11.2. The molecule has 2 amide bonds. The zero-order valence-electron chi connectivity index (χ0n) is 25.3. The van der Waals surface area contributed by atoms with Gasteiger partial charge in [-0.25, -0.2) is 4.57 Å². The van der Waals surface area contributed by atoms with Crippen LogP contribution in [0.4, 0.5) is 0 Å². The molecule has 2 rings (SSSR count). The van der Waals surface area contributed by atoms with E-state index in [9.17, 15) is 9.59 Å². The minimum atomic E-state index is -0.308. The van der Waals surface area contributed by atoms with Crippen LogP contribution in [0, 0.1) is 0 Å². The van der Waals surface area contributed by atoms with Crippen molar-refractivity contribution in [2.24, 2.45) is 7.05 Å². The number of carbonyl (C=O) groups excluding carboxylic acids is 2. The fourth-order valence-corrected chi connectivity index (χ4v) is 4.84. The molecule has 0 aliphatic heterocycles. The minimum absolute atomic E-state index is 0. The smallest absolute Gasteiger partial charge is 0.260 e. The van der Waals surface area contributed by atoms with Gasteiger partial charge in [0.25, 0.3) is 5.91 Å². The zero-order valence-corrected chi connectivity index (χ0v) is 27.4. The predicted octanol–water partition coefficient (Wildman–Crippen LogP) is 4.23. The van der Waals surface area contributed by atoms with Crippen LogP contribution < -0.4 is 38.0 Å². The number of pyridine rings is 1. The van der Waals surface area contributed by atoms with E-state index < -0.39 is 0 Å². The van der Waals surface area contributed by atoms with Crippen molar-refractivity contribution in [1.29, 1.82) is 0 Å². The van der Waals surface area contributed by atoms with E-state index in [1.54, 1.807) is 25.3 Å². The number of halogens is 1. The number of hydrogen-bond acceptors (Lipinski definition) is 4. The molecule has 0 atom stereocenters. The predicted molar refractivity (Wildman–Crippen MR) is 157 cm³/mol. The van der Waals surface area contributed by atoms with Crippen LogP contribution in [0.2, 0.25) is 0 Å². The molecule has 0 spiro atoms. The first-order valence-electron chi connectivity index (χ1n) is 15.0. The number of carbonyl (C=O) groups is 2. The van der Waals surface area contributed by atoms with E-state index in [0.717, 1.165) is 25.0 Å². The summed E-state index contributed by atoms with van der Waals surface area (Å²) in [7, 11) is 3.60. The molecule has 0 radical (unpaired) electrons. The number of methoxy groups -OCH3 is 1. The van der Waals surface area contributed by atoms with Gasteiger partial charge < -0.3 is 33.5 Å². The van der Waals surface area contributed by atoms with Gasteiger partial charge >= 0.3 is 0 Å². The number of unbranched alkanes of at least 4 members (excludes halogenated alkanes) is 11. The molecule has 1 aromatic carbocycles. The number of nitrogens with zero attached hydrogens (tertiary/aromatic N) is 2. The van der Waals surface area contributed by atoms with Gasteiger partial charge in [0.1, 0.15) is 7.05 Å². The number of aryl methyl sites for hydroxylation is 2. The highest BCUT2D eigenvalue weighted by Crippen LogP contribution is 2.29. The molecule has 0 aliphatic rings. The lowest BCUT2D eigenvalue weighted by atomic mass is 10.1. The van der Waals surface area contributed by atoms with Gasteiger partial charge in [-0.05, 0) is 31.0 Å². The van der Waals surface area contributed by atoms with Crippen LogP contribution in [0.15, 0.2) is 42.6 Å². The molecular weight excluding hydrogens is 615 g/mol. The molecule has 7 heteroatoms. The molecule has 1 aromatic heterocycles. The average Bonchev–Trinajstić information content (AvgIpc) is 2.94. The van der Waals surface area contributed by atoms with Crippen molar-refractivity contribution in [3.63, 3.8) is 0 Å². The summed E-state index contributed by atoms with van der Waals surface area (Å²) in [6.45, 7) is 4.65. The second kappa shape index (κ2) is 21.6. The van der Waals surface area contributed by atoms with Gasteiger partial charge in [-0.15, -0.1) is 0 Å². The first-order valence-corrected chi connectivity index (χ1v) is 15.0. The lowest BCUT2D eigenvalue weighted by Crippen LogP contribution is -3.00. The first kappa shape index (κ1) is 35.9. The maximum absolute atomic E-state index is 13.2. The molecule has 0 saturated heterocycles. The Hall–Kier alpha value is -2.16. The third-order valence-electron chi connectivity index (χ3n) is 7.27. The average molecular weight is 667 g/mol. The van der Waals surface area contributed by atoms with Gasteiger partial charge in [0.2, 0.25) is 5.91 Å². The normalized spacial score (nSPS) is 10.6. The highest BCUT2D eigenvalue weighted by molar-refractivity contribution is 6.04. The van der Waals surface area contributed by atoms with E-state index in [-0.39, 0.29) is 35.8 Å². The maximum atomic E-state index is 13.2. The van der Waals surface area contributed by atoms with Gasteiger partial charge in [0.05, 0.1) is 13.7 Å². The quantitative estimate of drug-likeness (QED) is 0.121. The molecule has 40 heavy (non-hydrogen) atoms. The Kier molecular flexibility index (Phi) is 19.3. The van der Waals surface area contributed by atoms with Crippen molar-refractivity contribution in [2.75, 3.05) is 20.3 Å². The van der Waals surface area contributed by atoms with Crippen molar-refractivity contribution in [3.05, 3.63) is 53.9 Å². The molecule has 0 aliphatic carbocycles. The monoisotopic (exact) mass is 666 g/mol. The molecule has 2 aromatic rings. The van der Waals surface area contributed by atoms with Crippen LogP contribution in [0.25, 0.3) is 0 Å². The summed E-state index contributed by atoms with van der Waals surface area (Å²) in [5.41, 5.74) is 1.59. The number of benzene rings is 1. The van der Waals surface area contributed by atoms with Crippen molar-refractivity contribution in [3.8, 4) is 11.5 Å². The Bertz CT molecular complexity index is 998. The Morgan fingerprint density at radius 1 is 0.825 bits per heavy atom. The Morgan fingerprint density at radius 2 is 1.45 bits per heavy atom. The maximum Gasteiger partial charge on any atom is 0.260 e. The van der Waals surface area contributed by atoms with Crippen LogP contribution >= 0.6 is 0 Å². The molecule has 6 nitrogen and oxygen atoms in total. The fourth-order valence-electron chi connectivity index (χ4n) is 4.84. The van der Waals surface area contributed by atoms with Crippen LogP contribution in [-0.4, -0.2) is 37.0 Å². The number of rotatable bonds is 20. The van der Waals surface area contributed by atoms with Crippen LogP contribution in [0.3, 0.4) is 0 Å². The SMILES string of the molecule is CCCCCCCCCCCCCCOc1cc(C(=O)N(CCCc2cccc[n+]2C)C(C)=O)ccc1OC.[I-]. The van der Waals surface area contributed by atoms with E-state index >= 15 is 0 Å². The number of imide groups is 1. The van der Waals surface area contributed by atoms with Crippen molar-refractivity contribution in [1.82, 2.24) is 4.90 Å². The fraction of sp³-hybridized carbons (Fsp3) is 0.606. The first-order chi connectivity index (χ1) is 19.0. The van der Waals surface area contributed by atoms with Gasteiger partial charge in [-0.1, -0.05) is 83.6 Å². The van der Waals surface area contributed by atoms with Gasteiger partial charge in [0, 0.05) is 37.6 Å². The van der Waals surface area contributed by atoms with Crippen molar-refractivity contribution < 1.29 is 47.6 Å². The van der Waals surface area contributed by atoms with Crippen LogP contribution in [-0.2, 0) is 18.3 Å². The summed E-state index contributed by atoms with van der Waals surface area (Å²) < 4.78 is 13.5. The number of aromatic nitrogens is 1. The van der Waals surface area contributed by atoms with Gasteiger partial charge in [-0.2, -0.15) is 0 Å². The third kappa shape index (κ3) is 13.5. The number of hydrogen-bond donors (Lipinski definition) is 0. The van der Waals surface area contributed by atoms with Crippen LogP contribution in [0.5, 0.6) is 11.5 Å². The second-order valence-corrected chi connectivity index (χ2v) is 10.5. The molecule has 0 unspecified atom stereocenters. The summed E-state index contributed by atoms with van der Waals surface area (Å²) in [5.74, 6) is 0.577. The van der Waals surface area contributed by atoms with Gasteiger partial charge in [-0.3, -0.25) is 14.5 Å². The van der Waals surface area contributed by atoms with E-state index in [0.29, 0.717) is 36.6 Å². The topological polar surface area (TPSA) is 59.7 Å². The summed E-state index contributed by atoms with van der Waals surface area (Å²) in [6.07, 6.45) is 19.0.